The van der Waals surface area contributed by atoms with E-state index in [1.165, 1.54) is 0 Å². The van der Waals surface area contributed by atoms with Crippen LogP contribution in [0.3, 0.4) is 0 Å². The van der Waals surface area contributed by atoms with E-state index >= 15 is 0 Å². The Bertz CT molecular complexity index is 885. The van der Waals surface area contributed by atoms with E-state index < -0.39 is 0 Å². The van der Waals surface area contributed by atoms with E-state index in [1.807, 2.05) is 65.7 Å². The van der Waals surface area contributed by atoms with Gasteiger partial charge in [0.15, 0.2) is 0 Å². The molecule has 1 aliphatic heterocycles. The van der Waals surface area contributed by atoms with E-state index in [2.05, 4.69) is 10.6 Å². The lowest BCUT2D eigenvalue weighted by atomic mass is 9.98. The Labute approximate surface area is 139 Å². The summed E-state index contributed by atoms with van der Waals surface area (Å²) >= 11 is 6.19. The lowest BCUT2D eigenvalue weighted by Crippen LogP contribution is -2.38. The van der Waals surface area contributed by atoms with Gasteiger partial charge in [-0.15, -0.1) is 0 Å². The van der Waals surface area contributed by atoms with Gasteiger partial charge in [-0.25, -0.2) is 0 Å². The molecule has 0 saturated heterocycles. The highest BCUT2D eigenvalue weighted by molar-refractivity contribution is 6.31. The van der Waals surface area contributed by atoms with Crippen LogP contribution in [0.5, 0.6) is 0 Å². The molecule has 1 aliphatic rings. The first kappa shape index (κ1) is 14.1. The molecule has 2 heterocycles. The predicted molar refractivity (Wildman–Crippen MR) is 92.2 cm³/mol. The summed E-state index contributed by atoms with van der Waals surface area (Å²) in [6.07, 6.45) is 2.02. The molecule has 0 radical (unpaired) electrons. The normalized spacial score (nSPS) is 15.9. The highest BCUT2D eigenvalue weighted by Gasteiger charge is 2.34. The van der Waals surface area contributed by atoms with Gasteiger partial charge >= 0.3 is 0 Å². The van der Waals surface area contributed by atoms with Crippen molar-refractivity contribution < 1.29 is 4.79 Å². The maximum Gasteiger partial charge on any atom is 0.224 e. The molecule has 0 bridgehead atoms. The number of carbonyl (C=O) groups is 1. The predicted octanol–water partition coefficient (Wildman–Crippen LogP) is 4.59. The van der Waals surface area contributed by atoms with Crippen molar-refractivity contribution in [2.75, 3.05) is 4.90 Å². The monoisotopic (exact) mass is 322 g/mol. The molecule has 0 saturated carbocycles. The molecule has 0 spiro atoms. The molecule has 23 heavy (non-hydrogen) atoms. The van der Waals surface area contributed by atoms with Crippen molar-refractivity contribution in [2.24, 2.45) is 0 Å². The molecule has 4 heteroatoms. The third-order valence-electron chi connectivity index (χ3n) is 4.23. The van der Waals surface area contributed by atoms with E-state index in [0.29, 0.717) is 5.02 Å². The van der Waals surface area contributed by atoms with Gasteiger partial charge in [-0.1, -0.05) is 41.9 Å². The first-order valence-corrected chi connectivity index (χ1v) is 7.86. The fourth-order valence-electron chi connectivity index (χ4n) is 3.31. The Hall–Kier alpha value is -2.52. The van der Waals surface area contributed by atoms with E-state index in [4.69, 9.17) is 11.6 Å². The number of fused-ring (bicyclic) bond motifs is 3. The molecule has 2 aromatic carbocycles. The minimum absolute atomic E-state index is 0.00480. The Balaban J connectivity index is 2.02. The lowest BCUT2D eigenvalue weighted by Gasteiger charge is -2.38. The molecule has 3 nitrogen and oxygen atoms in total. The SMILES string of the molecule is CC(=O)N1c2cc(Cl)ccc2-n2cccc2C1c1ccccc1. The van der Waals surface area contributed by atoms with Gasteiger partial charge in [0.05, 0.1) is 17.1 Å². The van der Waals surface area contributed by atoms with Crippen LogP contribution in [0.25, 0.3) is 5.69 Å². The van der Waals surface area contributed by atoms with Gasteiger partial charge in [-0.3, -0.25) is 9.69 Å². The molecular formula is C19H15ClN2O. The fourth-order valence-corrected chi connectivity index (χ4v) is 3.47. The Morgan fingerprint density at radius 3 is 2.52 bits per heavy atom. The number of halogens is 1. The van der Waals surface area contributed by atoms with Crippen LogP contribution in [0.1, 0.15) is 24.2 Å². The summed E-state index contributed by atoms with van der Waals surface area (Å²) < 4.78 is 2.13. The summed E-state index contributed by atoms with van der Waals surface area (Å²) in [5.41, 5.74) is 3.95. The molecule has 1 amide bonds. The molecule has 0 fully saturated rings. The quantitative estimate of drug-likeness (QED) is 0.643. The zero-order valence-corrected chi connectivity index (χ0v) is 13.4. The summed E-state index contributed by atoms with van der Waals surface area (Å²) in [5, 5.41) is 0.623. The maximum absolute atomic E-state index is 12.5. The van der Waals surface area contributed by atoms with Crippen LogP contribution in [0.4, 0.5) is 5.69 Å². The number of benzene rings is 2. The number of anilines is 1. The topological polar surface area (TPSA) is 25.2 Å². The largest absolute Gasteiger partial charge is 0.316 e. The van der Waals surface area contributed by atoms with Crippen LogP contribution < -0.4 is 4.90 Å². The van der Waals surface area contributed by atoms with E-state index in [0.717, 1.165) is 22.6 Å². The standard InChI is InChI=1S/C19H15ClN2O/c1-13(23)22-18-12-15(20)9-10-16(18)21-11-5-8-17(21)19(22)14-6-3-2-4-7-14/h2-12,19H,1H3. The fraction of sp³-hybridized carbons (Fsp3) is 0.105. The van der Waals surface area contributed by atoms with Crippen molar-refractivity contribution in [3.05, 3.63) is 83.1 Å². The van der Waals surface area contributed by atoms with Crippen LogP contribution in [0.15, 0.2) is 66.9 Å². The maximum atomic E-state index is 12.5. The molecule has 1 aromatic heterocycles. The summed E-state index contributed by atoms with van der Waals surface area (Å²) in [5.74, 6) is -0.00480. The molecule has 0 aliphatic carbocycles. The van der Waals surface area contributed by atoms with Gasteiger partial charge in [0.2, 0.25) is 5.91 Å². The zero-order chi connectivity index (χ0) is 16.0. The van der Waals surface area contributed by atoms with Crippen LogP contribution in [0, 0.1) is 0 Å². The number of carbonyl (C=O) groups excluding carboxylic acids is 1. The van der Waals surface area contributed by atoms with Crippen molar-refractivity contribution in [3.8, 4) is 5.69 Å². The van der Waals surface area contributed by atoms with Crippen molar-refractivity contribution in [1.29, 1.82) is 0 Å². The average molecular weight is 323 g/mol. The summed E-state index contributed by atoms with van der Waals surface area (Å²) in [4.78, 5) is 14.3. The van der Waals surface area contributed by atoms with Crippen LogP contribution in [0.2, 0.25) is 5.02 Å². The number of nitrogens with zero attached hydrogens (tertiary/aromatic N) is 2. The van der Waals surface area contributed by atoms with Crippen molar-refractivity contribution in [2.45, 2.75) is 13.0 Å². The Morgan fingerprint density at radius 1 is 1.00 bits per heavy atom. The minimum Gasteiger partial charge on any atom is -0.316 e. The molecule has 114 valence electrons. The van der Waals surface area contributed by atoms with Crippen LogP contribution >= 0.6 is 11.6 Å². The van der Waals surface area contributed by atoms with Crippen LogP contribution in [-0.4, -0.2) is 10.5 Å². The summed E-state index contributed by atoms with van der Waals surface area (Å²) in [7, 11) is 0. The first-order valence-electron chi connectivity index (χ1n) is 7.49. The third kappa shape index (κ3) is 2.16. The van der Waals surface area contributed by atoms with E-state index in [9.17, 15) is 4.79 Å². The number of amides is 1. The van der Waals surface area contributed by atoms with Gasteiger partial charge in [0.1, 0.15) is 6.04 Å². The van der Waals surface area contributed by atoms with Crippen LogP contribution in [-0.2, 0) is 4.79 Å². The summed E-state index contributed by atoms with van der Waals surface area (Å²) in [6, 6.07) is 19.6. The van der Waals surface area contributed by atoms with E-state index in [-0.39, 0.29) is 11.9 Å². The number of aromatic nitrogens is 1. The van der Waals surface area contributed by atoms with Gasteiger partial charge in [0, 0.05) is 18.1 Å². The first-order chi connectivity index (χ1) is 11.2. The highest BCUT2D eigenvalue weighted by atomic mass is 35.5. The highest BCUT2D eigenvalue weighted by Crippen LogP contribution is 2.43. The average Bonchev–Trinajstić information content (AvgIpc) is 3.03. The van der Waals surface area contributed by atoms with Gasteiger partial charge in [0.25, 0.3) is 0 Å². The van der Waals surface area contributed by atoms with E-state index in [1.54, 1.807) is 6.92 Å². The number of hydrogen-bond donors (Lipinski definition) is 0. The molecular weight excluding hydrogens is 308 g/mol. The third-order valence-corrected chi connectivity index (χ3v) is 4.46. The smallest absolute Gasteiger partial charge is 0.224 e. The molecule has 1 atom stereocenters. The molecule has 3 aromatic rings. The van der Waals surface area contributed by atoms with Crippen molar-refractivity contribution >= 4 is 23.2 Å². The van der Waals surface area contributed by atoms with Crippen molar-refractivity contribution in [3.63, 3.8) is 0 Å². The van der Waals surface area contributed by atoms with Crippen molar-refractivity contribution in [1.82, 2.24) is 4.57 Å². The zero-order valence-electron chi connectivity index (χ0n) is 12.6. The second kappa shape index (κ2) is 5.28. The number of rotatable bonds is 1. The Kier molecular flexibility index (Phi) is 3.24. The summed E-state index contributed by atoms with van der Waals surface area (Å²) in [6.45, 7) is 1.60. The minimum atomic E-state index is -0.158. The number of hydrogen-bond acceptors (Lipinski definition) is 1. The molecule has 1 unspecified atom stereocenters. The Morgan fingerprint density at radius 2 is 1.78 bits per heavy atom. The second-order valence-corrected chi connectivity index (χ2v) is 6.07. The molecule has 4 rings (SSSR count). The second-order valence-electron chi connectivity index (χ2n) is 5.64. The van der Waals surface area contributed by atoms with Gasteiger partial charge < -0.3 is 4.57 Å². The lowest BCUT2D eigenvalue weighted by molar-refractivity contribution is -0.117. The van der Waals surface area contributed by atoms with Gasteiger partial charge in [-0.05, 0) is 35.9 Å². The van der Waals surface area contributed by atoms with Gasteiger partial charge in [-0.2, -0.15) is 0 Å². The molecule has 0 N–H and O–H groups in total.